The number of anilines is 1. The highest BCUT2D eigenvalue weighted by Gasteiger charge is 2.01. The van der Waals surface area contributed by atoms with Crippen LogP contribution in [0.4, 0.5) is 5.69 Å². The maximum atomic E-state index is 10.9. The molecule has 1 aromatic carbocycles. The standard InChI is InChI=1S/C9H9Cl2NO/c1-6-2-7(11)4-8(3-6)12-9(13)5-10/h2-4H,5H2,1H3,(H,12,13). The van der Waals surface area contributed by atoms with Gasteiger partial charge in [0.1, 0.15) is 5.88 Å². The molecule has 0 radical (unpaired) electrons. The summed E-state index contributed by atoms with van der Waals surface area (Å²) in [5.41, 5.74) is 1.67. The van der Waals surface area contributed by atoms with Crippen LogP contribution in [0.15, 0.2) is 18.2 Å². The first-order valence-corrected chi connectivity index (χ1v) is 4.66. The molecule has 0 bridgehead atoms. The quantitative estimate of drug-likeness (QED) is 0.759. The maximum Gasteiger partial charge on any atom is 0.239 e. The summed E-state index contributed by atoms with van der Waals surface area (Å²) in [5, 5.41) is 3.22. The van der Waals surface area contributed by atoms with Gasteiger partial charge in [0.05, 0.1) is 0 Å². The Hall–Kier alpha value is -0.730. The molecular weight excluding hydrogens is 209 g/mol. The molecule has 1 rings (SSSR count). The van der Waals surface area contributed by atoms with E-state index in [1.165, 1.54) is 0 Å². The number of alkyl halides is 1. The number of hydrogen-bond acceptors (Lipinski definition) is 1. The Balaban J connectivity index is 2.83. The molecule has 1 aromatic rings. The highest BCUT2D eigenvalue weighted by molar-refractivity contribution is 6.31. The summed E-state index contributed by atoms with van der Waals surface area (Å²) in [6.07, 6.45) is 0. The average Bonchev–Trinajstić information content (AvgIpc) is 2.02. The van der Waals surface area contributed by atoms with Crippen molar-refractivity contribution >= 4 is 34.8 Å². The Bertz CT molecular complexity index is 305. The Kier molecular flexibility index (Phi) is 3.58. The Labute approximate surface area is 86.8 Å². The molecule has 2 nitrogen and oxygen atoms in total. The summed E-state index contributed by atoms with van der Waals surface area (Å²) in [4.78, 5) is 10.9. The molecule has 0 saturated heterocycles. The van der Waals surface area contributed by atoms with Gasteiger partial charge in [-0.1, -0.05) is 11.6 Å². The lowest BCUT2D eigenvalue weighted by Gasteiger charge is -2.04. The van der Waals surface area contributed by atoms with Crippen molar-refractivity contribution < 1.29 is 4.79 Å². The van der Waals surface area contributed by atoms with Gasteiger partial charge in [-0.25, -0.2) is 0 Å². The lowest BCUT2D eigenvalue weighted by Crippen LogP contribution is -2.12. The van der Waals surface area contributed by atoms with Crippen molar-refractivity contribution in [3.05, 3.63) is 28.8 Å². The lowest BCUT2D eigenvalue weighted by molar-refractivity contribution is -0.113. The first kappa shape index (κ1) is 10.4. The van der Waals surface area contributed by atoms with Gasteiger partial charge in [0.25, 0.3) is 0 Å². The summed E-state index contributed by atoms with van der Waals surface area (Å²) in [6.45, 7) is 1.90. The third-order valence-corrected chi connectivity index (χ3v) is 1.91. The van der Waals surface area contributed by atoms with E-state index < -0.39 is 0 Å². The topological polar surface area (TPSA) is 29.1 Å². The minimum Gasteiger partial charge on any atom is -0.325 e. The second-order valence-corrected chi connectivity index (χ2v) is 3.40. The second-order valence-electron chi connectivity index (χ2n) is 2.70. The maximum absolute atomic E-state index is 10.9. The van der Waals surface area contributed by atoms with Gasteiger partial charge in [-0.05, 0) is 30.7 Å². The molecule has 1 amide bonds. The molecule has 0 saturated carbocycles. The zero-order chi connectivity index (χ0) is 9.84. The number of nitrogens with one attached hydrogen (secondary N) is 1. The number of rotatable bonds is 2. The van der Waals surface area contributed by atoms with Crippen LogP contribution in [0.5, 0.6) is 0 Å². The first-order valence-electron chi connectivity index (χ1n) is 3.75. The van der Waals surface area contributed by atoms with Gasteiger partial charge in [0, 0.05) is 10.7 Å². The predicted molar refractivity (Wildman–Crippen MR) is 55.5 cm³/mol. The molecule has 0 aliphatic rings. The second kappa shape index (κ2) is 4.49. The summed E-state index contributed by atoms with van der Waals surface area (Å²) < 4.78 is 0. The van der Waals surface area contributed by atoms with Crippen LogP contribution >= 0.6 is 23.2 Å². The molecule has 0 aliphatic carbocycles. The van der Waals surface area contributed by atoms with Crippen molar-refractivity contribution in [3.8, 4) is 0 Å². The number of amides is 1. The van der Waals surface area contributed by atoms with Gasteiger partial charge >= 0.3 is 0 Å². The lowest BCUT2D eigenvalue weighted by atomic mass is 10.2. The Morgan fingerprint density at radius 2 is 2.15 bits per heavy atom. The fourth-order valence-electron chi connectivity index (χ4n) is 1.00. The molecule has 0 aliphatic heterocycles. The number of benzene rings is 1. The van der Waals surface area contributed by atoms with Gasteiger partial charge < -0.3 is 5.32 Å². The molecule has 0 fully saturated rings. The van der Waals surface area contributed by atoms with Gasteiger partial charge in [0.15, 0.2) is 0 Å². The predicted octanol–water partition coefficient (Wildman–Crippen LogP) is 2.83. The zero-order valence-electron chi connectivity index (χ0n) is 7.10. The number of hydrogen-bond donors (Lipinski definition) is 1. The number of carbonyl (C=O) groups is 1. The van der Waals surface area contributed by atoms with Gasteiger partial charge in [0.2, 0.25) is 5.91 Å². The third kappa shape index (κ3) is 3.25. The van der Waals surface area contributed by atoms with Crippen LogP contribution in [0.2, 0.25) is 5.02 Å². The van der Waals surface area contributed by atoms with E-state index in [0.29, 0.717) is 10.7 Å². The van der Waals surface area contributed by atoms with Crippen LogP contribution in [-0.2, 0) is 4.79 Å². The molecule has 70 valence electrons. The van der Waals surface area contributed by atoms with E-state index in [0.717, 1.165) is 5.56 Å². The van der Waals surface area contributed by atoms with Crippen molar-refractivity contribution in [1.29, 1.82) is 0 Å². The van der Waals surface area contributed by atoms with Gasteiger partial charge in [-0.2, -0.15) is 0 Å². The van der Waals surface area contributed by atoms with Crippen LogP contribution in [0.25, 0.3) is 0 Å². The highest BCUT2D eigenvalue weighted by Crippen LogP contribution is 2.18. The fraction of sp³-hybridized carbons (Fsp3) is 0.222. The Morgan fingerprint density at radius 3 is 2.69 bits per heavy atom. The number of carbonyl (C=O) groups excluding carboxylic acids is 1. The van der Waals surface area contributed by atoms with E-state index in [2.05, 4.69) is 5.32 Å². The molecule has 13 heavy (non-hydrogen) atoms. The van der Waals surface area contributed by atoms with Gasteiger partial charge in [-0.15, -0.1) is 11.6 Å². The molecule has 0 heterocycles. The molecule has 4 heteroatoms. The monoisotopic (exact) mass is 217 g/mol. The van der Waals surface area contributed by atoms with E-state index in [-0.39, 0.29) is 11.8 Å². The third-order valence-electron chi connectivity index (χ3n) is 1.45. The van der Waals surface area contributed by atoms with Crippen LogP contribution in [0.1, 0.15) is 5.56 Å². The van der Waals surface area contributed by atoms with Crippen LogP contribution < -0.4 is 5.32 Å². The summed E-state index contributed by atoms with van der Waals surface area (Å²) >= 11 is 11.1. The minimum absolute atomic E-state index is 0.0500. The molecule has 0 spiro atoms. The first-order chi connectivity index (χ1) is 6.11. The zero-order valence-corrected chi connectivity index (χ0v) is 8.62. The van der Waals surface area contributed by atoms with Gasteiger partial charge in [-0.3, -0.25) is 4.79 Å². The van der Waals surface area contributed by atoms with Crippen molar-refractivity contribution in [2.75, 3.05) is 11.2 Å². The highest BCUT2D eigenvalue weighted by atomic mass is 35.5. The van der Waals surface area contributed by atoms with Crippen LogP contribution in [0.3, 0.4) is 0 Å². The number of aryl methyl sites for hydroxylation is 1. The van der Waals surface area contributed by atoms with Crippen molar-refractivity contribution in [2.24, 2.45) is 0 Å². The van der Waals surface area contributed by atoms with E-state index in [1.807, 2.05) is 19.1 Å². The molecule has 0 aromatic heterocycles. The van der Waals surface area contributed by atoms with E-state index in [9.17, 15) is 4.79 Å². The summed E-state index contributed by atoms with van der Waals surface area (Å²) in [6, 6.07) is 5.33. The normalized spacial score (nSPS) is 9.77. The van der Waals surface area contributed by atoms with Crippen molar-refractivity contribution in [1.82, 2.24) is 0 Å². The van der Waals surface area contributed by atoms with E-state index >= 15 is 0 Å². The Morgan fingerprint density at radius 1 is 1.46 bits per heavy atom. The van der Waals surface area contributed by atoms with Crippen LogP contribution in [-0.4, -0.2) is 11.8 Å². The van der Waals surface area contributed by atoms with E-state index in [1.54, 1.807) is 6.07 Å². The fourth-order valence-corrected chi connectivity index (χ4v) is 1.36. The molecule has 0 unspecified atom stereocenters. The summed E-state index contributed by atoms with van der Waals surface area (Å²) in [7, 11) is 0. The smallest absolute Gasteiger partial charge is 0.239 e. The van der Waals surface area contributed by atoms with Crippen molar-refractivity contribution in [3.63, 3.8) is 0 Å². The number of halogens is 2. The molecule has 1 N–H and O–H groups in total. The van der Waals surface area contributed by atoms with Crippen molar-refractivity contribution in [2.45, 2.75) is 6.92 Å². The minimum atomic E-state index is -0.233. The van der Waals surface area contributed by atoms with Crippen LogP contribution in [0, 0.1) is 6.92 Å². The molecular formula is C9H9Cl2NO. The summed E-state index contributed by atoms with van der Waals surface area (Å²) in [5.74, 6) is -0.283. The van der Waals surface area contributed by atoms with E-state index in [4.69, 9.17) is 23.2 Å². The average molecular weight is 218 g/mol. The molecule has 0 atom stereocenters. The largest absolute Gasteiger partial charge is 0.325 e. The SMILES string of the molecule is Cc1cc(Cl)cc(NC(=O)CCl)c1.